The maximum absolute atomic E-state index is 13.9. The molecule has 0 bridgehead atoms. The molecule has 3 aromatic rings. The zero-order valence-corrected chi connectivity index (χ0v) is 25.4. The first-order chi connectivity index (χ1) is 19.6. The van der Waals surface area contributed by atoms with Gasteiger partial charge in [0, 0.05) is 17.6 Å². The highest BCUT2D eigenvalue weighted by molar-refractivity contribution is 7.92. The van der Waals surface area contributed by atoms with Crippen molar-refractivity contribution in [2.24, 2.45) is 0 Å². The predicted molar refractivity (Wildman–Crippen MR) is 157 cm³/mol. The fourth-order valence-electron chi connectivity index (χ4n) is 4.01. The van der Waals surface area contributed by atoms with Gasteiger partial charge >= 0.3 is 6.18 Å². The minimum atomic E-state index is -4.89. The normalized spacial score (nSPS) is 13.2. The maximum Gasteiger partial charge on any atom is 0.417 e. The molecule has 0 spiro atoms. The lowest BCUT2D eigenvalue weighted by Crippen LogP contribution is -2.52. The summed E-state index contributed by atoms with van der Waals surface area (Å²) in [6, 6.07) is 14.9. The van der Waals surface area contributed by atoms with E-state index in [1.165, 1.54) is 31.2 Å². The number of hydrogen-bond donors (Lipinski definition) is 1. The average molecular weight is 645 g/mol. The molecule has 0 radical (unpaired) electrons. The quantitative estimate of drug-likeness (QED) is 0.257. The molecule has 226 valence electrons. The van der Waals surface area contributed by atoms with Crippen LogP contribution >= 0.6 is 23.2 Å². The number of sulfonamides is 1. The Kier molecular flexibility index (Phi) is 10.9. The zero-order chi connectivity index (χ0) is 31.2. The Labute approximate surface area is 253 Å². The van der Waals surface area contributed by atoms with Gasteiger partial charge in [-0.2, -0.15) is 13.2 Å². The summed E-state index contributed by atoms with van der Waals surface area (Å²) in [5.41, 5.74) is -1.13. The molecule has 0 unspecified atom stereocenters. The summed E-state index contributed by atoms with van der Waals surface area (Å²) >= 11 is 11.9. The monoisotopic (exact) mass is 643 g/mol. The molecule has 0 aliphatic carbocycles. The second-order valence-electron chi connectivity index (χ2n) is 9.63. The minimum Gasteiger partial charge on any atom is -0.352 e. The fraction of sp³-hybridized carbons (Fsp3) is 0.310. The highest BCUT2D eigenvalue weighted by Gasteiger charge is 2.37. The van der Waals surface area contributed by atoms with E-state index >= 15 is 0 Å². The van der Waals surface area contributed by atoms with E-state index < -0.39 is 56.9 Å². The van der Waals surface area contributed by atoms with Crippen molar-refractivity contribution in [1.29, 1.82) is 0 Å². The molecule has 7 nitrogen and oxygen atoms in total. The molecule has 13 heteroatoms. The highest BCUT2D eigenvalue weighted by Crippen LogP contribution is 2.38. The third kappa shape index (κ3) is 8.17. The molecule has 0 aliphatic heterocycles. The second-order valence-corrected chi connectivity index (χ2v) is 12.3. The van der Waals surface area contributed by atoms with Crippen LogP contribution < -0.4 is 9.62 Å². The first-order valence-electron chi connectivity index (χ1n) is 12.9. The van der Waals surface area contributed by atoms with Crippen LogP contribution in [-0.4, -0.2) is 43.8 Å². The Morgan fingerprint density at radius 2 is 1.62 bits per heavy atom. The molecule has 3 aromatic carbocycles. The Balaban J connectivity index is 2.11. The lowest BCUT2D eigenvalue weighted by Gasteiger charge is -2.32. The van der Waals surface area contributed by atoms with E-state index in [1.807, 2.05) is 6.92 Å². The first kappa shape index (κ1) is 33.2. The third-order valence-corrected chi connectivity index (χ3v) is 8.92. The summed E-state index contributed by atoms with van der Waals surface area (Å²) < 4.78 is 69.3. The second kappa shape index (κ2) is 13.8. The van der Waals surface area contributed by atoms with E-state index in [-0.39, 0.29) is 17.5 Å². The van der Waals surface area contributed by atoms with Crippen LogP contribution in [0.5, 0.6) is 0 Å². The van der Waals surface area contributed by atoms with Crippen molar-refractivity contribution in [2.75, 3.05) is 10.8 Å². The topological polar surface area (TPSA) is 86.8 Å². The summed E-state index contributed by atoms with van der Waals surface area (Å²) in [7, 11) is -4.55. The van der Waals surface area contributed by atoms with E-state index in [2.05, 4.69) is 5.32 Å². The van der Waals surface area contributed by atoms with Gasteiger partial charge < -0.3 is 10.2 Å². The minimum absolute atomic E-state index is 0.123. The number of carbonyl (C=O) groups is 2. The number of halogens is 5. The average Bonchev–Trinajstić information content (AvgIpc) is 2.94. The number of nitrogens with one attached hydrogen (secondary N) is 1. The predicted octanol–water partition coefficient (Wildman–Crippen LogP) is 6.54. The molecule has 42 heavy (non-hydrogen) atoms. The van der Waals surface area contributed by atoms with Gasteiger partial charge in [0.2, 0.25) is 11.8 Å². The zero-order valence-electron chi connectivity index (χ0n) is 23.0. The van der Waals surface area contributed by atoms with Gasteiger partial charge in [0.05, 0.1) is 21.2 Å². The molecule has 2 atom stereocenters. The number of alkyl halides is 3. The van der Waals surface area contributed by atoms with Crippen molar-refractivity contribution < 1.29 is 31.2 Å². The highest BCUT2D eigenvalue weighted by atomic mass is 35.5. The van der Waals surface area contributed by atoms with Gasteiger partial charge in [0.25, 0.3) is 10.0 Å². The number of carbonyl (C=O) groups excluding carboxylic acids is 2. The lowest BCUT2D eigenvalue weighted by atomic mass is 10.1. The van der Waals surface area contributed by atoms with Crippen molar-refractivity contribution in [3.05, 3.63) is 94.0 Å². The summed E-state index contributed by atoms with van der Waals surface area (Å²) in [6.07, 6.45) is -4.26. The molecule has 0 aliphatic rings. The van der Waals surface area contributed by atoms with Gasteiger partial charge in [-0.05, 0) is 68.3 Å². The molecular weight excluding hydrogens is 614 g/mol. The number of anilines is 1. The molecule has 0 aromatic heterocycles. The van der Waals surface area contributed by atoms with Gasteiger partial charge in [0.1, 0.15) is 12.6 Å². The van der Waals surface area contributed by atoms with Crippen LogP contribution in [0, 0.1) is 0 Å². The number of benzene rings is 3. The molecule has 0 heterocycles. The largest absolute Gasteiger partial charge is 0.417 e. The molecule has 0 saturated carbocycles. The van der Waals surface area contributed by atoms with Crippen molar-refractivity contribution in [2.45, 2.75) is 56.9 Å². The fourth-order valence-corrected chi connectivity index (χ4v) is 5.88. The van der Waals surface area contributed by atoms with Crippen molar-refractivity contribution in [3.8, 4) is 0 Å². The SMILES string of the molecule is CC[C@@H](C)NC(=O)[C@H](C)N(Cc1cccc(Cl)c1)C(=O)CN(c1ccc(Cl)c(C(F)(F)F)c1)S(=O)(=O)c1ccccc1. The van der Waals surface area contributed by atoms with Gasteiger partial charge in [-0.15, -0.1) is 0 Å². The lowest BCUT2D eigenvalue weighted by molar-refractivity contribution is -0.139. The molecule has 0 saturated heterocycles. The molecular formula is C29H30Cl2F3N3O4S. The van der Waals surface area contributed by atoms with Gasteiger partial charge in [-0.1, -0.05) is 60.5 Å². The van der Waals surface area contributed by atoms with E-state index in [1.54, 1.807) is 37.3 Å². The van der Waals surface area contributed by atoms with Crippen LogP contribution in [0.1, 0.15) is 38.3 Å². The van der Waals surface area contributed by atoms with Crippen LogP contribution in [0.25, 0.3) is 0 Å². The maximum atomic E-state index is 13.9. The number of hydrogen-bond acceptors (Lipinski definition) is 4. The van der Waals surface area contributed by atoms with E-state index in [0.29, 0.717) is 27.4 Å². The van der Waals surface area contributed by atoms with Crippen LogP contribution in [0.15, 0.2) is 77.7 Å². The Bertz CT molecular complexity index is 1520. The standard InChI is InChI=1S/C29H30Cl2F3N3O4S/c1-4-19(2)35-28(39)20(3)36(17-21-9-8-10-22(30)15-21)27(38)18-37(42(40,41)24-11-6-5-7-12-24)23-13-14-26(31)25(16-23)29(32,33)34/h5-16,19-20H,4,17-18H2,1-3H3,(H,35,39)/t19-,20+/m1/s1. The van der Waals surface area contributed by atoms with Crippen LogP contribution in [0.4, 0.5) is 18.9 Å². The van der Waals surface area contributed by atoms with Gasteiger partial charge in [0.15, 0.2) is 0 Å². The van der Waals surface area contributed by atoms with Gasteiger partial charge in [-0.25, -0.2) is 8.42 Å². The van der Waals surface area contributed by atoms with Crippen LogP contribution in [-0.2, 0) is 32.3 Å². The van der Waals surface area contributed by atoms with Crippen molar-refractivity contribution >= 4 is 50.7 Å². The Hall–Kier alpha value is -3.28. The van der Waals surface area contributed by atoms with E-state index in [4.69, 9.17) is 23.2 Å². The summed E-state index contributed by atoms with van der Waals surface area (Å²) in [5.74, 6) is -1.31. The number of nitrogens with zero attached hydrogens (tertiary/aromatic N) is 2. The molecule has 2 amide bonds. The van der Waals surface area contributed by atoms with Gasteiger partial charge in [-0.3, -0.25) is 13.9 Å². The third-order valence-electron chi connectivity index (χ3n) is 6.56. The van der Waals surface area contributed by atoms with Crippen LogP contribution in [0.2, 0.25) is 10.0 Å². The van der Waals surface area contributed by atoms with E-state index in [9.17, 15) is 31.2 Å². The molecule has 1 N–H and O–H groups in total. The summed E-state index contributed by atoms with van der Waals surface area (Å²) in [6.45, 7) is 4.12. The van der Waals surface area contributed by atoms with Crippen molar-refractivity contribution in [1.82, 2.24) is 10.2 Å². The smallest absolute Gasteiger partial charge is 0.352 e. The summed E-state index contributed by atoms with van der Waals surface area (Å²) in [4.78, 5) is 27.9. The molecule has 3 rings (SSSR count). The Morgan fingerprint density at radius 1 is 0.952 bits per heavy atom. The Morgan fingerprint density at radius 3 is 2.21 bits per heavy atom. The number of rotatable bonds is 11. The number of amides is 2. The van der Waals surface area contributed by atoms with Crippen molar-refractivity contribution in [3.63, 3.8) is 0 Å². The molecule has 0 fully saturated rings. The summed E-state index contributed by atoms with van der Waals surface area (Å²) in [5, 5.41) is 2.55. The first-order valence-corrected chi connectivity index (χ1v) is 15.1. The van der Waals surface area contributed by atoms with Crippen LogP contribution in [0.3, 0.4) is 0 Å². The van der Waals surface area contributed by atoms with E-state index in [0.717, 1.165) is 17.0 Å².